The van der Waals surface area contributed by atoms with Gasteiger partial charge in [-0.1, -0.05) is 23.9 Å². The third-order valence-corrected chi connectivity index (χ3v) is 4.41. The molecule has 1 aromatic carbocycles. The number of H-pyrrole nitrogens is 1. The lowest BCUT2D eigenvalue weighted by Crippen LogP contribution is -2.24. The largest absolute Gasteiger partial charge is 0.493 e. The van der Waals surface area contributed by atoms with Crippen LogP contribution in [0.1, 0.15) is 5.56 Å². The first-order chi connectivity index (χ1) is 12.2. The van der Waals surface area contributed by atoms with Crippen LogP contribution in [0, 0.1) is 0 Å². The molecule has 130 valence electrons. The van der Waals surface area contributed by atoms with Crippen molar-refractivity contribution >= 4 is 28.8 Å². The predicted octanol–water partition coefficient (Wildman–Crippen LogP) is 2.38. The van der Waals surface area contributed by atoms with Gasteiger partial charge in [-0.3, -0.25) is 4.79 Å². The summed E-state index contributed by atoms with van der Waals surface area (Å²) >= 11 is 1.33. The molecular formula is C17H18N4O3S. The number of pyridine rings is 1. The molecular weight excluding hydrogens is 340 g/mol. The van der Waals surface area contributed by atoms with E-state index in [1.165, 1.54) is 11.8 Å². The minimum atomic E-state index is -0.0942. The fraction of sp³-hybridized carbons (Fsp3) is 0.235. The molecule has 0 radical (unpaired) electrons. The van der Waals surface area contributed by atoms with Crippen LogP contribution in [0.15, 0.2) is 41.7 Å². The third-order valence-electron chi connectivity index (χ3n) is 3.54. The Kier molecular flexibility index (Phi) is 5.39. The topological polar surface area (TPSA) is 89.1 Å². The van der Waals surface area contributed by atoms with Gasteiger partial charge in [0.15, 0.2) is 22.3 Å². The molecule has 0 fully saturated rings. The smallest absolute Gasteiger partial charge is 0.230 e. The van der Waals surface area contributed by atoms with Gasteiger partial charge in [0.2, 0.25) is 5.91 Å². The molecule has 1 amide bonds. The molecule has 0 saturated heterocycles. The summed E-state index contributed by atoms with van der Waals surface area (Å²) in [6.07, 6.45) is 1.69. The molecule has 0 unspecified atom stereocenters. The van der Waals surface area contributed by atoms with Crippen LogP contribution in [0.3, 0.4) is 0 Å². The van der Waals surface area contributed by atoms with Gasteiger partial charge in [-0.2, -0.15) is 0 Å². The zero-order valence-electron chi connectivity index (χ0n) is 13.9. The lowest BCUT2D eigenvalue weighted by Gasteiger charge is -2.13. The van der Waals surface area contributed by atoms with Gasteiger partial charge in [-0.15, -0.1) is 0 Å². The zero-order valence-corrected chi connectivity index (χ0v) is 14.7. The lowest BCUT2D eigenvalue weighted by molar-refractivity contribution is -0.118. The Labute approximate surface area is 149 Å². The van der Waals surface area contributed by atoms with E-state index in [1.54, 1.807) is 20.4 Å². The number of rotatable bonds is 7. The fourth-order valence-electron chi connectivity index (χ4n) is 2.36. The van der Waals surface area contributed by atoms with Crippen LogP contribution >= 0.6 is 11.8 Å². The van der Waals surface area contributed by atoms with Crippen molar-refractivity contribution in [2.24, 2.45) is 0 Å². The number of nitrogens with one attached hydrogen (secondary N) is 2. The fourth-order valence-corrected chi connectivity index (χ4v) is 3.07. The lowest BCUT2D eigenvalue weighted by atomic mass is 10.2. The van der Waals surface area contributed by atoms with Crippen LogP contribution in [0.2, 0.25) is 0 Å². The maximum atomic E-state index is 12.1. The Hall–Kier alpha value is -2.74. The molecule has 0 aliphatic rings. The van der Waals surface area contributed by atoms with E-state index in [-0.39, 0.29) is 11.7 Å². The van der Waals surface area contributed by atoms with Gasteiger partial charge in [0.25, 0.3) is 0 Å². The number of carbonyl (C=O) groups is 1. The van der Waals surface area contributed by atoms with E-state index < -0.39 is 0 Å². The molecule has 7 nitrogen and oxygen atoms in total. The molecule has 2 heterocycles. The molecule has 0 atom stereocenters. The summed E-state index contributed by atoms with van der Waals surface area (Å²) in [5.41, 5.74) is 2.35. The number of aromatic nitrogens is 3. The molecule has 8 heteroatoms. The number of thioether (sulfide) groups is 1. The molecule has 2 N–H and O–H groups in total. The first-order valence-electron chi connectivity index (χ1n) is 7.61. The highest BCUT2D eigenvalue weighted by atomic mass is 32.2. The minimum Gasteiger partial charge on any atom is -0.493 e. The molecule has 0 bridgehead atoms. The Balaban J connectivity index is 1.56. The van der Waals surface area contributed by atoms with Crippen molar-refractivity contribution in [3.8, 4) is 11.5 Å². The quantitative estimate of drug-likeness (QED) is 0.631. The first kappa shape index (κ1) is 17.1. The van der Waals surface area contributed by atoms with Gasteiger partial charge in [-0.05, 0) is 18.2 Å². The Morgan fingerprint density at radius 1 is 1.24 bits per heavy atom. The number of ether oxygens (including phenoxy) is 2. The summed E-state index contributed by atoms with van der Waals surface area (Å²) in [4.78, 5) is 23.7. The first-order valence-corrected chi connectivity index (χ1v) is 8.60. The number of hydrogen-bond donors (Lipinski definition) is 2. The summed E-state index contributed by atoms with van der Waals surface area (Å²) < 4.78 is 10.6. The van der Waals surface area contributed by atoms with E-state index in [2.05, 4.69) is 20.3 Å². The number of nitrogens with zero attached hydrogens (tertiary/aromatic N) is 2. The number of para-hydroxylation sites is 1. The van der Waals surface area contributed by atoms with E-state index in [0.29, 0.717) is 28.8 Å². The maximum absolute atomic E-state index is 12.1. The van der Waals surface area contributed by atoms with Crippen LogP contribution in [-0.2, 0) is 11.3 Å². The van der Waals surface area contributed by atoms with Crippen molar-refractivity contribution in [2.45, 2.75) is 11.7 Å². The second-order valence-electron chi connectivity index (χ2n) is 5.13. The van der Waals surface area contributed by atoms with E-state index in [4.69, 9.17) is 9.47 Å². The molecule has 0 saturated carbocycles. The highest BCUT2D eigenvalue weighted by Gasteiger charge is 2.11. The predicted molar refractivity (Wildman–Crippen MR) is 96.0 cm³/mol. The Morgan fingerprint density at radius 2 is 2.12 bits per heavy atom. The summed E-state index contributed by atoms with van der Waals surface area (Å²) in [6.45, 7) is 0.363. The third kappa shape index (κ3) is 4.03. The molecule has 2 aromatic heterocycles. The van der Waals surface area contributed by atoms with Crippen LogP contribution in [-0.4, -0.2) is 40.8 Å². The Morgan fingerprint density at radius 3 is 2.88 bits per heavy atom. The van der Waals surface area contributed by atoms with Crippen LogP contribution < -0.4 is 14.8 Å². The van der Waals surface area contributed by atoms with Crippen molar-refractivity contribution in [1.29, 1.82) is 0 Å². The molecule has 25 heavy (non-hydrogen) atoms. The minimum absolute atomic E-state index is 0.0942. The maximum Gasteiger partial charge on any atom is 0.230 e. The number of hydrogen-bond acceptors (Lipinski definition) is 6. The van der Waals surface area contributed by atoms with Gasteiger partial charge in [-0.25, -0.2) is 9.97 Å². The molecule has 0 spiro atoms. The molecule has 3 aromatic rings. The van der Waals surface area contributed by atoms with E-state index in [1.807, 2.05) is 30.3 Å². The van der Waals surface area contributed by atoms with Crippen molar-refractivity contribution < 1.29 is 14.3 Å². The van der Waals surface area contributed by atoms with Gasteiger partial charge in [0.1, 0.15) is 0 Å². The molecule has 0 aliphatic heterocycles. The van der Waals surface area contributed by atoms with Crippen molar-refractivity contribution in [2.75, 3.05) is 20.0 Å². The van der Waals surface area contributed by atoms with Crippen LogP contribution in [0.25, 0.3) is 11.2 Å². The van der Waals surface area contributed by atoms with Crippen LogP contribution in [0.5, 0.6) is 11.5 Å². The van der Waals surface area contributed by atoms with Crippen LogP contribution in [0.4, 0.5) is 0 Å². The molecule has 0 aliphatic carbocycles. The van der Waals surface area contributed by atoms with E-state index in [9.17, 15) is 4.79 Å². The second-order valence-corrected chi connectivity index (χ2v) is 6.10. The standard InChI is InChI=1S/C17H18N4O3S/c1-23-13-7-3-5-11(15(13)24-2)9-19-14(22)10-25-17-20-12-6-4-8-18-16(12)21-17/h3-8H,9-10H2,1-2H3,(H,19,22)(H,18,20,21). The highest BCUT2D eigenvalue weighted by Crippen LogP contribution is 2.30. The van der Waals surface area contributed by atoms with E-state index in [0.717, 1.165) is 11.1 Å². The number of fused-ring (bicyclic) bond motifs is 1. The number of aromatic amines is 1. The second kappa shape index (κ2) is 7.89. The summed E-state index contributed by atoms with van der Waals surface area (Å²) in [7, 11) is 3.16. The Bertz CT molecular complexity index is 848. The number of amides is 1. The number of methoxy groups -OCH3 is 2. The molecule has 3 rings (SSSR count). The number of imidazole rings is 1. The number of carbonyl (C=O) groups excluding carboxylic acids is 1. The SMILES string of the molecule is COc1cccc(CNC(=O)CSc2nc3ncccc3[nH]2)c1OC. The zero-order chi connectivity index (χ0) is 17.6. The van der Waals surface area contributed by atoms with Crippen molar-refractivity contribution in [3.63, 3.8) is 0 Å². The summed E-state index contributed by atoms with van der Waals surface area (Å²) in [6, 6.07) is 9.30. The normalized spacial score (nSPS) is 10.6. The van der Waals surface area contributed by atoms with Gasteiger partial charge < -0.3 is 19.8 Å². The average Bonchev–Trinajstić information content (AvgIpc) is 3.07. The number of benzene rings is 1. The summed E-state index contributed by atoms with van der Waals surface area (Å²) in [5.74, 6) is 1.43. The van der Waals surface area contributed by atoms with Crippen molar-refractivity contribution in [3.05, 3.63) is 42.1 Å². The summed E-state index contributed by atoms with van der Waals surface area (Å²) in [5, 5.41) is 3.55. The van der Waals surface area contributed by atoms with Gasteiger partial charge in [0, 0.05) is 18.3 Å². The van der Waals surface area contributed by atoms with E-state index >= 15 is 0 Å². The van der Waals surface area contributed by atoms with Gasteiger partial charge >= 0.3 is 0 Å². The average molecular weight is 358 g/mol. The van der Waals surface area contributed by atoms with Gasteiger partial charge in [0.05, 0.1) is 25.5 Å². The highest BCUT2D eigenvalue weighted by molar-refractivity contribution is 7.99. The van der Waals surface area contributed by atoms with Crippen molar-refractivity contribution in [1.82, 2.24) is 20.3 Å². The monoisotopic (exact) mass is 358 g/mol.